The van der Waals surface area contributed by atoms with Gasteiger partial charge in [-0.1, -0.05) is 0 Å². The van der Waals surface area contributed by atoms with Crippen LogP contribution in [0.2, 0.25) is 0 Å². The molecule has 7 nitrogen and oxygen atoms in total. The Morgan fingerprint density at radius 2 is 1.75 bits per heavy atom. The molecule has 0 saturated carbocycles. The normalized spacial score (nSPS) is 13.8. The molecule has 1 heterocycles. The SMILES string of the molecule is CC(=O)Nc1ccc(N2C(=O)C=CC2=O)c(C(=O)O)c1. The summed E-state index contributed by atoms with van der Waals surface area (Å²) in [5.41, 5.74) is -0.0149. The number of nitrogens with one attached hydrogen (secondary N) is 1. The van der Waals surface area contributed by atoms with Gasteiger partial charge >= 0.3 is 5.97 Å². The monoisotopic (exact) mass is 274 g/mol. The van der Waals surface area contributed by atoms with Gasteiger partial charge in [0.15, 0.2) is 0 Å². The van der Waals surface area contributed by atoms with E-state index in [0.29, 0.717) is 0 Å². The molecule has 7 heteroatoms. The van der Waals surface area contributed by atoms with Crippen LogP contribution >= 0.6 is 0 Å². The number of rotatable bonds is 3. The number of carbonyl (C=O) groups excluding carboxylic acids is 3. The van der Waals surface area contributed by atoms with Crippen molar-refractivity contribution in [3.05, 3.63) is 35.9 Å². The molecular formula is C13H10N2O5. The fraction of sp³-hybridized carbons (Fsp3) is 0.0769. The summed E-state index contributed by atoms with van der Waals surface area (Å²) in [6.45, 7) is 1.28. The van der Waals surface area contributed by atoms with E-state index in [-0.39, 0.29) is 22.8 Å². The van der Waals surface area contributed by atoms with Gasteiger partial charge in [0.25, 0.3) is 11.8 Å². The highest BCUT2D eigenvalue weighted by Crippen LogP contribution is 2.27. The summed E-state index contributed by atoms with van der Waals surface area (Å²) in [5, 5.41) is 11.6. The Hall–Kier alpha value is -2.96. The van der Waals surface area contributed by atoms with Crippen LogP contribution in [0.4, 0.5) is 11.4 Å². The molecule has 1 aromatic rings. The Morgan fingerprint density at radius 1 is 1.15 bits per heavy atom. The van der Waals surface area contributed by atoms with Gasteiger partial charge in [-0.3, -0.25) is 14.4 Å². The minimum Gasteiger partial charge on any atom is -0.478 e. The van der Waals surface area contributed by atoms with Crippen LogP contribution < -0.4 is 10.2 Å². The minimum absolute atomic E-state index is 0.0356. The van der Waals surface area contributed by atoms with Gasteiger partial charge in [-0.15, -0.1) is 0 Å². The number of carboxylic acids is 1. The van der Waals surface area contributed by atoms with Crippen LogP contribution in [0.25, 0.3) is 0 Å². The predicted octanol–water partition coefficient (Wildman–Crippen LogP) is 0.773. The van der Waals surface area contributed by atoms with Crippen molar-refractivity contribution in [1.82, 2.24) is 0 Å². The Bertz CT molecular complexity index is 645. The van der Waals surface area contributed by atoms with Crippen molar-refractivity contribution in [3.8, 4) is 0 Å². The van der Waals surface area contributed by atoms with Gasteiger partial charge in [-0.25, -0.2) is 9.69 Å². The second kappa shape index (κ2) is 4.96. The van der Waals surface area contributed by atoms with E-state index in [2.05, 4.69) is 5.32 Å². The highest BCUT2D eigenvalue weighted by molar-refractivity contribution is 6.29. The maximum absolute atomic E-state index is 11.6. The zero-order valence-corrected chi connectivity index (χ0v) is 10.4. The van der Waals surface area contributed by atoms with Crippen LogP contribution in [0.1, 0.15) is 17.3 Å². The summed E-state index contributed by atoms with van der Waals surface area (Å²) in [7, 11) is 0. The summed E-state index contributed by atoms with van der Waals surface area (Å²) in [6.07, 6.45) is 2.13. The lowest BCUT2D eigenvalue weighted by molar-refractivity contribution is -0.120. The van der Waals surface area contributed by atoms with Gasteiger partial charge < -0.3 is 10.4 Å². The van der Waals surface area contributed by atoms with Crippen LogP contribution in [0.3, 0.4) is 0 Å². The van der Waals surface area contributed by atoms with E-state index in [4.69, 9.17) is 0 Å². The summed E-state index contributed by atoms with van der Waals surface area (Å²) < 4.78 is 0. The second-order valence-electron chi connectivity index (χ2n) is 4.06. The van der Waals surface area contributed by atoms with E-state index in [9.17, 15) is 24.3 Å². The molecule has 3 amide bonds. The smallest absolute Gasteiger partial charge is 0.337 e. The average molecular weight is 274 g/mol. The Labute approximate surface area is 113 Å². The quantitative estimate of drug-likeness (QED) is 0.792. The highest BCUT2D eigenvalue weighted by Gasteiger charge is 2.29. The number of aromatic carboxylic acids is 1. The lowest BCUT2D eigenvalue weighted by atomic mass is 10.1. The number of carbonyl (C=O) groups is 4. The number of hydrogen-bond acceptors (Lipinski definition) is 4. The van der Waals surface area contributed by atoms with Gasteiger partial charge in [0, 0.05) is 24.8 Å². The molecule has 1 aromatic carbocycles. The summed E-state index contributed by atoms with van der Waals surface area (Å²) in [6, 6.07) is 3.91. The fourth-order valence-corrected chi connectivity index (χ4v) is 1.82. The van der Waals surface area contributed by atoms with Crippen LogP contribution in [0.5, 0.6) is 0 Å². The third-order valence-electron chi connectivity index (χ3n) is 2.60. The molecule has 0 bridgehead atoms. The number of amides is 3. The Balaban J connectivity index is 2.48. The maximum atomic E-state index is 11.6. The molecule has 0 saturated heterocycles. The first-order valence-corrected chi connectivity index (χ1v) is 5.61. The second-order valence-corrected chi connectivity index (χ2v) is 4.06. The zero-order valence-electron chi connectivity index (χ0n) is 10.4. The van der Waals surface area contributed by atoms with Crippen molar-refractivity contribution in [1.29, 1.82) is 0 Å². The summed E-state index contributed by atoms with van der Waals surface area (Å²) >= 11 is 0. The van der Waals surface area contributed by atoms with E-state index >= 15 is 0 Å². The van der Waals surface area contributed by atoms with Gasteiger partial charge in [0.05, 0.1) is 11.3 Å². The van der Waals surface area contributed by atoms with Crippen LogP contribution in [0.15, 0.2) is 30.4 Å². The third kappa shape index (κ3) is 2.41. The molecule has 0 atom stereocenters. The molecule has 0 radical (unpaired) electrons. The van der Waals surface area contributed by atoms with Crippen LogP contribution in [0, 0.1) is 0 Å². The molecule has 1 aliphatic heterocycles. The minimum atomic E-state index is -1.31. The number of hydrogen-bond donors (Lipinski definition) is 2. The number of anilines is 2. The Morgan fingerprint density at radius 3 is 2.25 bits per heavy atom. The maximum Gasteiger partial charge on any atom is 0.337 e. The first kappa shape index (κ1) is 13.5. The van der Waals surface area contributed by atoms with Gasteiger partial charge in [-0.2, -0.15) is 0 Å². The third-order valence-corrected chi connectivity index (χ3v) is 2.60. The molecule has 20 heavy (non-hydrogen) atoms. The highest BCUT2D eigenvalue weighted by atomic mass is 16.4. The van der Waals surface area contributed by atoms with E-state index in [0.717, 1.165) is 17.1 Å². The molecular weight excluding hydrogens is 264 g/mol. The fourth-order valence-electron chi connectivity index (χ4n) is 1.82. The van der Waals surface area contributed by atoms with Crippen molar-refractivity contribution in [3.63, 3.8) is 0 Å². The number of nitrogens with zero attached hydrogens (tertiary/aromatic N) is 1. The molecule has 2 N–H and O–H groups in total. The van der Waals surface area contributed by atoms with E-state index in [1.165, 1.54) is 25.1 Å². The van der Waals surface area contributed by atoms with Crippen molar-refractivity contribution >= 4 is 35.1 Å². The van der Waals surface area contributed by atoms with Crippen molar-refractivity contribution in [2.24, 2.45) is 0 Å². The first-order valence-electron chi connectivity index (χ1n) is 5.61. The standard InChI is InChI=1S/C13H10N2O5/c1-7(16)14-8-2-3-10(9(6-8)13(19)20)15-11(17)4-5-12(15)18/h2-6H,1H3,(H,14,16)(H,19,20). The van der Waals surface area contributed by atoms with Crippen LogP contribution in [-0.4, -0.2) is 28.8 Å². The lowest BCUT2D eigenvalue weighted by Crippen LogP contribution is -2.31. The molecule has 0 unspecified atom stereocenters. The Kier molecular flexibility index (Phi) is 3.34. The molecule has 2 rings (SSSR count). The van der Waals surface area contributed by atoms with Gasteiger partial charge in [0.1, 0.15) is 0 Å². The number of carboxylic acid groups (broad SMARTS) is 1. The molecule has 0 aromatic heterocycles. The van der Waals surface area contributed by atoms with Gasteiger partial charge in [0.2, 0.25) is 5.91 Å². The van der Waals surface area contributed by atoms with Gasteiger partial charge in [-0.05, 0) is 18.2 Å². The topological polar surface area (TPSA) is 104 Å². The largest absolute Gasteiger partial charge is 0.478 e. The summed E-state index contributed by atoms with van der Waals surface area (Å²) in [4.78, 5) is 46.1. The number of imide groups is 1. The average Bonchev–Trinajstić information content (AvgIpc) is 2.68. The van der Waals surface area contributed by atoms with E-state index in [1.807, 2.05) is 0 Å². The first-order chi connectivity index (χ1) is 9.40. The van der Waals surface area contributed by atoms with Crippen LogP contribution in [-0.2, 0) is 14.4 Å². The van der Waals surface area contributed by atoms with Crippen molar-refractivity contribution in [2.45, 2.75) is 6.92 Å². The van der Waals surface area contributed by atoms with Crippen molar-refractivity contribution < 1.29 is 24.3 Å². The molecule has 0 fully saturated rings. The zero-order chi connectivity index (χ0) is 14.9. The molecule has 102 valence electrons. The van der Waals surface area contributed by atoms with Crippen molar-refractivity contribution in [2.75, 3.05) is 10.2 Å². The molecule has 0 spiro atoms. The predicted molar refractivity (Wildman–Crippen MR) is 69.3 cm³/mol. The van der Waals surface area contributed by atoms with E-state index in [1.54, 1.807) is 0 Å². The lowest BCUT2D eigenvalue weighted by Gasteiger charge is -2.17. The number of benzene rings is 1. The molecule has 1 aliphatic rings. The van der Waals surface area contributed by atoms with E-state index < -0.39 is 17.8 Å². The summed E-state index contributed by atoms with van der Waals surface area (Å²) in [5.74, 6) is -2.88. The molecule has 0 aliphatic carbocycles.